The van der Waals surface area contributed by atoms with E-state index in [1.165, 1.54) is 88.0 Å². The highest BCUT2D eigenvalue weighted by molar-refractivity contribution is 7.93. The lowest BCUT2D eigenvalue weighted by molar-refractivity contribution is 0.102. The summed E-state index contributed by atoms with van der Waals surface area (Å²) in [6.45, 7) is 3.75. The number of nitrogens with one attached hydrogen (secondary N) is 2. The smallest absolute Gasteiger partial charge is 0.264 e. The lowest BCUT2D eigenvalue weighted by Gasteiger charge is -2.20. The number of anilines is 3. The predicted octanol–water partition coefficient (Wildman–Crippen LogP) is 5.20. The molecule has 10 nitrogen and oxygen atoms in total. The number of aryl methyl sites for hydroxylation is 2. The van der Waals surface area contributed by atoms with Crippen LogP contribution in [0.15, 0.2) is 94.7 Å². The number of methoxy groups -OCH3 is 2. The van der Waals surface area contributed by atoms with Crippen molar-refractivity contribution in [2.75, 3.05) is 35.6 Å². The van der Waals surface area contributed by atoms with Crippen LogP contribution in [0.3, 0.4) is 0 Å². The molecule has 12 heteroatoms. The number of rotatable bonds is 10. The van der Waals surface area contributed by atoms with Gasteiger partial charge in [-0.3, -0.25) is 13.8 Å². The summed E-state index contributed by atoms with van der Waals surface area (Å²) < 4.78 is 66.2. The topological polar surface area (TPSA) is 131 Å². The molecule has 0 aliphatic heterocycles. The first-order valence-corrected chi connectivity index (χ1v) is 15.6. The number of sulfonamides is 2. The third-order valence-electron chi connectivity index (χ3n) is 6.56. The molecule has 0 aromatic heterocycles. The molecule has 0 fully saturated rings. The van der Waals surface area contributed by atoms with Crippen molar-refractivity contribution in [3.8, 4) is 11.5 Å². The number of nitrogens with zero attached hydrogens (tertiary/aromatic N) is 1. The van der Waals surface area contributed by atoms with Crippen molar-refractivity contribution < 1.29 is 31.1 Å². The Bertz CT molecular complexity index is 1820. The molecule has 4 aromatic rings. The van der Waals surface area contributed by atoms with Crippen molar-refractivity contribution in [3.63, 3.8) is 0 Å². The minimum Gasteiger partial charge on any atom is -0.493 e. The maximum absolute atomic E-state index is 13.2. The van der Waals surface area contributed by atoms with Crippen molar-refractivity contribution in [2.24, 2.45) is 0 Å². The highest BCUT2D eigenvalue weighted by atomic mass is 32.2. The molecule has 0 aliphatic rings. The van der Waals surface area contributed by atoms with Gasteiger partial charge in [-0.1, -0.05) is 17.7 Å². The van der Waals surface area contributed by atoms with Crippen LogP contribution in [-0.2, 0) is 20.0 Å². The lowest BCUT2D eigenvalue weighted by Crippen LogP contribution is -2.26. The van der Waals surface area contributed by atoms with E-state index in [9.17, 15) is 21.6 Å². The largest absolute Gasteiger partial charge is 0.493 e. The number of benzene rings is 4. The zero-order valence-corrected chi connectivity index (χ0v) is 25.3. The van der Waals surface area contributed by atoms with E-state index in [1.807, 2.05) is 26.0 Å². The second-order valence-corrected chi connectivity index (χ2v) is 13.1. The Hall–Kier alpha value is -4.55. The molecule has 4 aromatic carbocycles. The van der Waals surface area contributed by atoms with Gasteiger partial charge >= 0.3 is 0 Å². The summed E-state index contributed by atoms with van der Waals surface area (Å²) in [5.74, 6) is 0.234. The molecule has 2 N–H and O–H groups in total. The minimum atomic E-state index is -3.93. The number of ether oxygens (including phenoxy) is 2. The van der Waals surface area contributed by atoms with E-state index in [0.717, 1.165) is 15.4 Å². The van der Waals surface area contributed by atoms with Crippen LogP contribution >= 0.6 is 0 Å². The number of amides is 1. The van der Waals surface area contributed by atoms with Crippen LogP contribution in [-0.4, -0.2) is 44.0 Å². The molecule has 0 saturated heterocycles. The van der Waals surface area contributed by atoms with Gasteiger partial charge in [0.2, 0.25) is 0 Å². The van der Waals surface area contributed by atoms with Crippen LogP contribution in [0.5, 0.6) is 11.5 Å². The molecule has 0 unspecified atom stereocenters. The predicted molar refractivity (Wildman–Crippen MR) is 163 cm³/mol. The van der Waals surface area contributed by atoms with Crippen LogP contribution in [0.1, 0.15) is 21.5 Å². The van der Waals surface area contributed by atoms with Gasteiger partial charge in [-0.05, 0) is 86.1 Å². The van der Waals surface area contributed by atoms with E-state index >= 15 is 0 Å². The number of hydrogen-bond acceptors (Lipinski definition) is 7. The van der Waals surface area contributed by atoms with Crippen molar-refractivity contribution in [1.82, 2.24) is 0 Å². The zero-order chi connectivity index (χ0) is 30.7. The zero-order valence-electron chi connectivity index (χ0n) is 23.7. The van der Waals surface area contributed by atoms with E-state index in [1.54, 1.807) is 6.07 Å². The third-order valence-corrected chi connectivity index (χ3v) is 9.72. The van der Waals surface area contributed by atoms with Gasteiger partial charge in [0.15, 0.2) is 11.5 Å². The second-order valence-electron chi connectivity index (χ2n) is 9.44. The quantitative estimate of drug-likeness (QED) is 0.253. The summed E-state index contributed by atoms with van der Waals surface area (Å²) in [5.41, 5.74) is 3.33. The van der Waals surface area contributed by atoms with Crippen LogP contribution in [0.2, 0.25) is 0 Å². The van der Waals surface area contributed by atoms with E-state index in [4.69, 9.17) is 9.47 Å². The Balaban J connectivity index is 1.44. The van der Waals surface area contributed by atoms with Crippen LogP contribution in [0, 0.1) is 13.8 Å². The number of hydrogen-bond donors (Lipinski definition) is 2. The monoisotopic (exact) mass is 609 g/mol. The molecular weight excluding hydrogens is 578 g/mol. The molecule has 220 valence electrons. The van der Waals surface area contributed by atoms with E-state index in [0.29, 0.717) is 22.8 Å². The average molecular weight is 610 g/mol. The fourth-order valence-electron chi connectivity index (χ4n) is 4.15. The van der Waals surface area contributed by atoms with E-state index < -0.39 is 26.0 Å². The minimum absolute atomic E-state index is 0.0131. The van der Waals surface area contributed by atoms with E-state index in [2.05, 4.69) is 10.0 Å². The van der Waals surface area contributed by atoms with Crippen LogP contribution < -0.4 is 23.8 Å². The van der Waals surface area contributed by atoms with Gasteiger partial charge in [-0.25, -0.2) is 16.8 Å². The maximum Gasteiger partial charge on any atom is 0.264 e. The molecule has 4 rings (SSSR count). The summed E-state index contributed by atoms with van der Waals surface area (Å²) in [6.07, 6.45) is 0. The molecular formula is C30H31N3O7S2. The second kappa shape index (κ2) is 12.1. The SMILES string of the molecule is COc1ccc(S(=O)(=O)N(C)c2ccc(C(=O)Nc3ccc(S(=O)(=O)Nc4ccc(C)cc4C)cc3)cc2)cc1OC. The van der Waals surface area contributed by atoms with Crippen molar-refractivity contribution in [1.29, 1.82) is 0 Å². The highest BCUT2D eigenvalue weighted by Gasteiger charge is 2.23. The van der Waals surface area contributed by atoms with Gasteiger partial charge in [-0.15, -0.1) is 0 Å². The van der Waals surface area contributed by atoms with Crippen LogP contribution in [0.25, 0.3) is 0 Å². The Kier molecular flexibility index (Phi) is 8.78. The molecule has 0 radical (unpaired) electrons. The van der Waals surface area contributed by atoms with Gasteiger partial charge in [0.25, 0.3) is 26.0 Å². The first-order valence-electron chi connectivity index (χ1n) is 12.7. The molecule has 0 spiro atoms. The first kappa shape index (κ1) is 30.4. The fraction of sp³-hybridized carbons (Fsp3) is 0.167. The first-order chi connectivity index (χ1) is 19.8. The Morgan fingerprint density at radius 2 is 1.36 bits per heavy atom. The lowest BCUT2D eigenvalue weighted by atomic mass is 10.1. The van der Waals surface area contributed by atoms with Gasteiger partial charge < -0.3 is 14.8 Å². The molecule has 0 saturated carbocycles. The van der Waals surface area contributed by atoms with Crippen molar-refractivity contribution in [2.45, 2.75) is 23.6 Å². The normalized spacial score (nSPS) is 11.5. The molecule has 0 heterocycles. The van der Waals surface area contributed by atoms with Gasteiger partial charge in [0, 0.05) is 24.4 Å². The van der Waals surface area contributed by atoms with E-state index in [-0.39, 0.29) is 21.1 Å². The molecule has 42 heavy (non-hydrogen) atoms. The number of carbonyl (C=O) groups is 1. The molecule has 1 amide bonds. The molecule has 0 bridgehead atoms. The summed E-state index contributed by atoms with van der Waals surface area (Å²) in [6, 6.07) is 21.5. The standard InChI is InChI=1S/C30H31N3O7S2/c1-20-6-16-27(21(2)18-20)32-41(35,36)25-13-9-23(10-14-25)31-30(34)22-7-11-24(12-8-22)33(3)42(37,38)26-15-17-28(39-4)29(19-26)40-5/h6-19,32H,1-5H3,(H,31,34). The van der Waals surface area contributed by atoms with Crippen LogP contribution in [0.4, 0.5) is 17.1 Å². The van der Waals surface area contributed by atoms with Crippen molar-refractivity contribution in [3.05, 3.63) is 102 Å². The average Bonchev–Trinajstić information content (AvgIpc) is 2.98. The Morgan fingerprint density at radius 1 is 0.738 bits per heavy atom. The van der Waals surface area contributed by atoms with Gasteiger partial charge in [0.05, 0.1) is 35.4 Å². The molecule has 0 aliphatic carbocycles. The summed E-state index contributed by atoms with van der Waals surface area (Å²) in [7, 11) is -3.47. The highest BCUT2D eigenvalue weighted by Crippen LogP contribution is 2.32. The maximum atomic E-state index is 13.2. The fourth-order valence-corrected chi connectivity index (χ4v) is 6.49. The van der Waals surface area contributed by atoms with Gasteiger partial charge in [-0.2, -0.15) is 0 Å². The Morgan fingerprint density at radius 3 is 1.95 bits per heavy atom. The summed E-state index contributed by atoms with van der Waals surface area (Å²) in [5, 5.41) is 2.72. The third kappa shape index (κ3) is 6.50. The molecule has 0 atom stereocenters. The van der Waals surface area contributed by atoms with Gasteiger partial charge in [0.1, 0.15) is 0 Å². The number of carbonyl (C=O) groups excluding carboxylic acids is 1. The summed E-state index contributed by atoms with van der Waals surface area (Å²) >= 11 is 0. The Labute approximate surface area is 246 Å². The summed E-state index contributed by atoms with van der Waals surface area (Å²) in [4.78, 5) is 12.9. The van der Waals surface area contributed by atoms with Crippen molar-refractivity contribution >= 4 is 43.0 Å².